The Balaban J connectivity index is 2.22. The second-order valence-corrected chi connectivity index (χ2v) is 5.50. The molecule has 2 rings (SSSR count). The molecule has 0 bridgehead atoms. The summed E-state index contributed by atoms with van der Waals surface area (Å²) in [6, 6.07) is 4.12. The minimum atomic E-state index is -4.44. The predicted molar refractivity (Wildman–Crippen MR) is 79.0 cm³/mol. The Labute approximate surface area is 131 Å². The van der Waals surface area contributed by atoms with E-state index in [1.54, 1.807) is 6.92 Å². The molecule has 2 N–H and O–H groups in total. The lowest BCUT2D eigenvalue weighted by atomic mass is 10.0. The van der Waals surface area contributed by atoms with Gasteiger partial charge in [0, 0.05) is 12.6 Å². The van der Waals surface area contributed by atoms with Crippen LogP contribution in [0, 0.1) is 0 Å². The first-order valence-corrected chi connectivity index (χ1v) is 7.16. The molecule has 7 heteroatoms. The maximum absolute atomic E-state index is 12.7. The van der Waals surface area contributed by atoms with Crippen molar-refractivity contribution in [3.63, 3.8) is 0 Å². The summed E-state index contributed by atoms with van der Waals surface area (Å²) in [7, 11) is 0. The van der Waals surface area contributed by atoms with Gasteiger partial charge in [-0.3, -0.25) is 9.59 Å². The number of hydrogen-bond acceptors (Lipinski definition) is 2. The molecule has 0 aliphatic carbocycles. The number of nitrogens with two attached hydrogens (primary N) is 1. The van der Waals surface area contributed by atoms with E-state index in [1.165, 1.54) is 23.1 Å². The van der Waals surface area contributed by atoms with Crippen LogP contribution in [0.4, 0.5) is 13.2 Å². The van der Waals surface area contributed by atoms with Crippen molar-refractivity contribution >= 4 is 17.4 Å². The molecule has 0 unspecified atom stereocenters. The summed E-state index contributed by atoms with van der Waals surface area (Å²) in [4.78, 5) is 24.9. The SMILES string of the molecule is C/C(=C/C(=O)N1CCC[C@H]1C(N)=O)c1cccc(C(F)(F)F)c1. The van der Waals surface area contributed by atoms with E-state index in [-0.39, 0.29) is 0 Å². The lowest BCUT2D eigenvalue weighted by molar-refractivity contribution is -0.137. The van der Waals surface area contributed by atoms with Crippen LogP contribution in [0.1, 0.15) is 30.9 Å². The summed E-state index contributed by atoms with van der Waals surface area (Å²) in [5.74, 6) is -0.984. The zero-order valence-corrected chi connectivity index (χ0v) is 12.6. The van der Waals surface area contributed by atoms with Crippen molar-refractivity contribution in [1.29, 1.82) is 0 Å². The number of allylic oxidation sites excluding steroid dienone is 1. The molecule has 1 aromatic rings. The highest BCUT2D eigenvalue weighted by Crippen LogP contribution is 2.31. The number of alkyl halides is 3. The number of amides is 2. The highest BCUT2D eigenvalue weighted by atomic mass is 19.4. The van der Waals surface area contributed by atoms with Crippen molar-refractivity contribution in [3.8, 4) is 0 Å². The number of halogens is 3. The molecule has 4 nitrogen and oxygen atoms in total. The number of rotatable bonds is 3. The van der Waals surface area contributed by atoms with Gasteiger partial charge in [-0.15, -0.1) is 0 Å². The monoisotopic (exact) mass is 326 g/mol. The fourth-order valence-corrected chi connectivity index (χ4v) is 2.62. The third kappa shape index (κ3) is 3.91. The van der Waals surface area contributed by atoms with Crippen LogP contribution >= 0.6 is 0 Å². The highest BCUT2D eigenvalue weighted by Gasteiger charge is 2.32. The molecule has 0 radical (unpaired) electrons. The Bertz CT molecular complexity index is 653. The van der Waals surface area contributed by atoms with Crippen molar-refractivity contribution in [2.45, 2.75) is 32.0 Å². The first-order chi connectivity index (χ1) is 10.7. The molecule has 23 heavy (non-hydrogen) atoms. The molecule has 0 saturated carbocycles. The molecule has 1 aliphatic heterocycles. The van der Waals surface area contributed by atoms with Gasteiger partial charge in [0.1, 0.15) is 6.04 Å². The van der Waals surface area contributed by atoms with Gasteiger partial charge in [-0.1, -0.05) is 12.1 Å². The van der Waals surface area contributed by atoms with E-state index >= 15 is 0 Å². The van der Waals surface area contributed by atoms with Crippen molar-refractivity contribution < 1.29 is 22.8 Å². The average molecular weight is 326 g/mol. The minimum Gasteiger partial charge on any atom is -0.368 e. The molecule has 1 fully saturated rings. The Kier molecular flexibility index (Phi) is 4.77. The molecule has 1 saturated heterocycles. The average Bonchev–Trinajstić information content (AvgIpc) is 2.96. The van der Waals surface area contributed by atoms with Gasteiger partial charge in [-0.05, 0) is 43.0 Å². The largest absolute Gasteiger partial charge is 0.416 e. The third-order valence-electron chi connectivity index (χ3n) is 3.85. The summed E-state index contributed by atoms with van der Waals surface area (Å²) >= 11 is 0. The van der Waals surface area contributed by atoms with Crippen molar-refractivity contribution in [2.24, 2.45) is 5.73 Å². The van der Waals surface area contributed by atoms with Crippen molar-refractivity contribution in [3.05, 3.63) is 41.5 Å². The Morgan fingerprint density at radius 3 is 2.65 bits per heavy atom. The predicted octanol–water partition coefficient (Wildman–Crippen LogP) is 2.59. The number of nitrogens with zero attached hydrogens (tertiary/aromatic N) is 1. The van der Waals surface area contributed by atoms with E-state index in [1.807, 2.05) is 0 Å². The number of primary amides is 1. The second kappa shape index (κ2) is 6.44. The highest BCUT2D eigenvalue weighted by molar-refractivity contribution is 5.97. The van der Waals surface area contributed by atoms with Gasteiger partial charge in [-0.25, -0.2) is 0 Å². The summed E-state index contributed by atoms with van der Waals surface area (Å²) in [5.41, 5.74) is 5.19. The Morgan fingerprint density at radius 1 is 1.35 bits per heavy atom. The van der Waals surface area contributed by atoms with E-state index in [9.17, 15) is 22.8 Å². The van der Waals surface area contributed by atoms with Gasteiger partial charge >= 0.3 is 6.18 Å². The van der Waals surface area contributed by atoms with E-state index in [4.69, 9.17) is 5.73 Å². The Hall–Kier alpha value is -2.31. The number of hydrogen-bond donors (Lipinski definition) is 1. The topological polar surface area (TPSA) is 63.4 Å². The van der Waals surface area contributed by atoms with Crippen LogP contribution in [0.25, 0.3) is 5.57 Å². The van der Waals surface area contributed by atoms with E-state index in [2.05, 4.69) is 0 Å². The van der Waals surface area contributed by atoms with Crippen molar-refractivity contribution in [2.75, 3.05) is 6.54 Å². The molecule has 0 spiro atoms. The Morgan fingerprint density at radius 2 is 2.04 bits per heavy atom. The molecule has 0 aromatic heterocycles. The van der Waals surface area contributed by atoms with E-state index < -0.39 is 29.6 Å². The molecule has 1 atom stereocenters. The summed E-state index contributed by atoms with van der Waals surface area (Å²) in [5, 5.41) is 0. The molecule has 2 amide bonds. The zero-order valence-electron chi connectivity index (χ0n) is 12.6. The van der Waals surface area contributed by atoms with Crippen LogP contribution in [0.3, 0.4) is 0 Å². The van der Waals surface area contributed by atoms with Gasteiger partial charge in [0.05, 0.1) is 5.56 Å². The van der Waals surface area contributed by atoms with Gasteiger partial charge < -0.3 is 10.6 Å². The van der Waals surface area contributed by atoms with Gasteiger partial charge in [0.2, 0.25) is 11.8 Å². The number of carbonyl (C=O) groups excluding carboxylic acids is 2. The number of carbonyl (C=O) groups is 2. The molecule has 1 heterocycles. The summed E-state index contributed by atoms with van der Waals surface area (Å²) < 4.78 is 38.2. The van der Waals surface area contributed by atoms with Crippen LogP contribution < -0.4 is 5.73 Å². The zero-order chi connectivity index (χ0) is 17.2. The smallest absolute Gasteiger partial charge is 0.368 e. The lowest BCUT2D eigenvalue weighted by Crippen LogP contribution is -2.43. The molecule has 1 aromatic carbocycles. The number of likely N-dealkylation sites (tertiary alicyclic amines) is 1. The first-order valence-electron chi connectivity index (χ1n) is 7.16. The first kappa shape index (κ1) is 17.1. The fourth-order valence-electron chi connectivity index (χ4n) is 2.62. The van der Waals surface area contributed by atoms with Crippen LogP contribution in [-0.4, -0.2) is 29.3 Å². The van der Waals surface area contributed by atoms with Gasteiger partial charge in [-0.2, -0.15) is 13.2 Å². The van der Waals surface area contributed by atoms with Crippen LogP contribution in [0.15, 0.2) is 30.3 Å². The molecule has 124 valence electrons. The van der Waals surface area contributed by atoms with Gasteiger partial charge in [0.15, 0.2) is 0 Å². The normalized spacial score (nSPS) is 19.0. The third-order valence-corrected chi connectivity index (χ3v) is 3.85. The minimum absolute atomic E-state index is 0.308. The number of benzene rings is 1. The molecule has 1 aliphatic rings. The summed E-state index contributed by atoms with van der Waals surface area (Å²) in [6.07, 6.45) is -2.00. The van der Waals surface area contributed by atoms with Gasteiger partial charge in [0.25, 0.3) is 0 Å². The maximum Gasteiger partial charge on any atom is 0.416 e. The maximum atomic E-state index is 12.7. The standard InChI is InChI=1S/C16H17F3N2O2/c1-10(11-4-2-5-12(9-11)16(17,18)19)8-14(22)21-7-3-6-13(21)15(20)23/h2,4-5,8-9,13H,3,6-7H2,1H3,(H2,20,23)/b10-8-/t13-/m0/s1. The quantitative estimate of drug-likeness (QED) is 0.868. The van der Waals surface area contributed by atoms with Crippen LogP contribution in [-0.2, 0) is 15.8 Å². The van der Waals surface area contributed by atoms with E-state index in [0.717, 1.165) is 12.1 Å². The molecular formula is C16H17F3N2O2. The molecular weight excluding hydrogens is 309 g/mol. The second-order valence-electron chi connectivity index (χ2n) is 5.50. The fraction of sp³-hybridized carbons (Fsp3) is 0.375. The summed E-state index contributed by atoms with van der Waals surface area (Å²) in [6.45, 7) is 1.97. The van der Waals surface area contributed by atoms with E-state index in [0.29, 0.717) is 30.5 Å². The lowest BCUT2D eigenvalue weighted by Gasteiger charge is -2.21. The van der Waals surface area contributed by atoms with Crippen molar-refractivity contribution in [1.82, 2.24) is 4.90 Å². The van der Waals surface area contributed by atoms with Crippen LogP contribution in [0.5, 0.6) is 0 Å². The van der Waals surface area contributed by atoms with Crippen LogP contribution in [0.2, 0.25) is 0 Å².